The van der Waals surface area contributed by atoms with Gasteiger partial charge in [0.15, 0.2) is 0 Å². The molecule has 3 aromatic rings. The molecule has 108 valence electrons. The molecule has 0 radical (unpaired) electrons. The van der Waals surface area contributed by atoms with Gasteiger partial charge >= 0.3 is 0 Å². The Morgan fingerprint density at radius 2 is 1.90 bits per heavy atom. The summed E-state index contributed by atoms with van der Waals surface area (Å²) >= 11 is 0. The van der Waals surface area contributed by atoms with Gasteiger partial charge in [-0.1, -0.05) is 25.1 Å². The quantitative estimate of drug-likeness (QED) is 0.759. The Hall–Kier alpha value is -2.13. The first-order valence-corrected chi connectivity index (χ1v) is 7.42. The summed E-state index contributed by atoms with van der Waals surface area (Å²) in [7, 11) is 0. The highest BCUT2D eigenvalue weighted by molar-refractivity contribution is 5.82. The summed E-state index contributed by atoms with van der Waals surface area (Å²) in [5, 5.41) is 4.79. The number of aryl methyl sites for hydroxylation is 1. The van der Waals surface area contributed by atoms with E-state index in [2.05, 4.69) is 36.3 Å². The maximum absolute atomic E-state index is 5.94. The van der Waals surface area contributed by atoms with Gasteiger partial charge in [0.05, 0.1) is 0 Å². The largest absolute Gasteiger partial charge is 0.461 e. The van der Waals surface area contributed by atoms with Crippen molar-refractivity contribution in [2.75, 3.05) is 0 Å². The molecule has 3 heteroatoms. The van der Waals surface area contributed by atoms with Gasteiger partial charge in [0.25, 0.3) is 0 Å². The van der Waals surface area contributed by atoms with Crippen LogP contribution in [0, 0.1) is 0 Å². The molecule has 0 aliphatic heterocycles. The van der Waals surface area contributed by atoms with Gasteiger partial charge in [-0.3, -0.25) is 4.98 Å². The Labute approximate surface area is 125 Å². The van der Waals surface area contributed by atoms with E-state index in [0.29, 0.717) is 0 Å². The number of para-hydroxylation sites is 1. The van der Waals surface area contributed by atoms with Gasteiger partial charge in [0.2, 0.25) is 0 Å². The van der Waals surface area contributed by atoms with Crippen LogP contribution in [0.5, 0.6) is 0 Å². The van der Waals surface area contributed by atoms with E-state index in [1.165, 1.54) is 16.5 Å². The molecule has 3 rings (SSSR count). The summed E-state index contributed by atoms with van der Waals surface area (Å²) in [4.78, 5) is 4.06. The third-order valence-corrected chi connectivity index (χ3v) is 3.89. The minimum absolute atomic E-state index is 0.284. The van der Waals surface area contributed by atoms with Crippen molar-refractivity contribution in [1.82, 2.24) is 10.3 Å². The Balaban J connectivity index is 1.82. The van der Waals surface area contributed by atoms with Crippen LogP contribution in [-0.4, -0.2) is 4.98 Å². The van der Waals surface area contributed by atoms with E-state index >= 15 is 0 Å². The topological polar surface area (TPSA) is 38.1 Å². The third-order valence-electron chi connectivity index (χ3n) is 3.89. The summed E-state index contributed by atoms with van der Waals surface area (Å²) in [6.45, 7) is 5.11. The molecule has 0 aliphatic rings. The van der Waals surface area contributed by atoms with Gasteiger partial charge in [-0.25, -0.2) is 0 Å². The number of aromatic nitrogens is 1. The molecule has 1 N–H and O–H groups in total. The van der Waals surface area contributed by atoms with Gasteiger partial charge in [0, 0.05) is 42.4 Å². The molecule has 1 atom stereocenters. The van der Waals surface area contributed by atoms with Crippen molar-refractivity contribution in [3.63, 3.8) is 0 Å². The summed E-state index contributed by atoms with van der Waals surface area (Å²) in [5.41, 5.74) is 3.49. The molecule has 1 aromatic carbocycles. The Bertz CT molecular complexity index is 718. The average Bonchev–Trinajstić information content (AvgIpc) is 2.91. The molecule has 0 saturated heterocycles. The molecular formula is C18H20N2O. The SMILES string of the molecule is CCc1oc2ccccc2c1CN[C@@H](C)c1ccncc1. The lowest BCUT2D eigenvalue weighted by atomic mass is 10.1. The van der Waals surface area contributed by atoms with Crippen LogP contribution >= 0.6 is 0 Å². The van der Waals surface area contributed by atoms with E-state index in [1.54, 1.807) is 0 Å². The van der Waals surface area contributed by atoms with E-state index in [1.807, 2.05) is 36.7 Å². The second kappa shape index (κ2) is 6.10. The predicted molar refractivity (Wildman–Crippen MR) is 85.1 cm³/mol. The zero-order valence-electron chi connectivity index (χ0n) is 12.5. The standard InChI is InChI=1S/C18H20N2O/c1-3-17-16(15-6-4-5-7-18(15)21-17)12-20-13(2)14-8-10-19-11-9-14/h4-11,13,20H,3,12H2,1-2H3/t13-/m0/s1. The normalized spacial score (nSPS) is 12.7. The summed E-state index contributed by atoms with van der Waals surface area (Å²) < 4.78 is 5.94. The molecule has 0 unspecified atom stereocenters. The Kier molecular flexibility index (Phi) is 4.02. The average molecular weight is 280 g/mol. The molecule has 3 nitrogen and oxygen atoms in total. The van der Waals surface area contributed by atoms with E-state index in [-0.39, 0.29) is 6.04 Å². The first kappa shape index (κ1) is 13.8. The smallest absolute Gasteiger partial charge is 0.134 e. The van der Waals surface area contributed by atoms with Gasteiger partial charge in [-0.2, -0.15) is 0 Å². The second-order valence-electron chi connectivity index (χ2n) is 5.24. The highest BCUT2D eigenvalue weighted by atomic mass is 16.3. The number of hydrogen-bond donors (Lipinski definition) is 1. The van der Waals surface area contributed by atoms with Crippen LogP contribution < -0.4 is 5.32 Å². The van der Waals surface area contributed by atoms with Crippen LogP contribution in [0.4, 0.5) is 0 Å². The minimum atomic E-state index is 0.284. The number of benzene rings is 1. The van der Waals surface area contributed by atoms with E-state index in [9.17, 15) is 0 Å². The van der Waals surface area contributed by atoms with Crippen molar-refractivity contribution in [3.05, 3.63) is 65.7 Å². The number of pyridine rings is 1. The van der Waals surface area contributed by atoms with Crippen molar-refractivity contribution in [1.29, 1.82) is 0 Å². The van der Waals surface area contributed by atoms with E-state index < -0.39 is 0 Å². The number of rotatable bonds is 5. The fourth-order valence-electron chi connectivity index (χ4n) is 2.65. The summed E-state index contributed by atoms with van der Waals surface area (Å²) in [6, 6.07) is 12.6. The lowest BCUT2D eigenvalue weighted by Crippen LogP contribution is -2.18. The van der Waals surface area contributed by atoms with Crippen LogP contribution in [0.3, 0.4) is 0 Å². The zero-order valence-corrected chi connectivity index (χ0v) is 12.5. The van der Waals surface area contributed by atoms with Crippen LogP contribution in [0.25, 0.3) is 11.0 Å². The highest BCUT2D eigenvalue weighted by Gasteiger charge is 2.13. The zero-order chi connectivity index (χ0) is 14.7. The molecule has 0 aliphatic carbocycles. The summed E-state index contributed by atoms with van der Waals surface area (Å²) in [5.74, 6) is 1.07. The fourth-order valence-corrected chi connectivity index (χ4v) is 2.65. The molecule has 2 aromatic heterocycles. The van der Waals surface area contributed by atoms with Gasteiger partial charge in [0.1, 0.15) is 11.3 Å². The van der Waals surface area contributed by atoms with Crippen LogP contribution in [0.15, 0.2) is 53.2 Å². The van der Waals surface area contributed by atoms with Crippen LogP contribution in [0.2, 0.25) is 0 Å². The highest BCUT2D eigenvalue weighted by Crippen LogP contribution is 2.26. The van der Waals surface area contributed by atoms with Gasteiger partial charge in [-0.15, -0.1) is 0 Å². The first-order chi connectivity index (χ1) is 10.3. The third kappa shape index (κ3) is 2.83. The molecule has 0 fully saturated rings. The second-order valence-corrected chi connectivity index (χ2v) is 5.24. The maximum atomic E-state index is 5.94. The minimum Gasteiger partial charge on any atom is -0.461 e. The van der Waals surface area contributed by atoms with Crippen molar-refractivity contribution in [2.24, 2.45) is 0 Å². The number of nitrogens with zero attached hydrogens (tertiary/aromatic N) is 1. The summed E-state index contributed by atoms with van der Waals surface area (Å²) in [6.07, 6.45) is 4.58. The monoisotopic (exact) mass is 280 g/mol. The number of nitrogens with one attached hydrogen (secondary N) is 1. The molecular weight excluding hydrogens is 260 g/mol. The lowest BCUT2D eigenvalue weighted by Gasteiger charge is -2.14. The number of furan rings is 1. The van der Waals surface area contributed by atoms with E-state index in [0.717, 1.165) is 24.3 Å². The molecule has 0 bridgehead atoms. The maximum Gasteiger partial charge on any atom is 0.134 e. The Morgan fingerprint density at radius 3 is 2.67 bits per heavy atom. The van der Waals surface area contributed by atoms with Crippen LogP contribution in [-0.2, 0) is 13.0 Å². The molecule has 0 spiro atoms. The molecule has 2 heterocycles. The molecule has 21 heavy (non-hydrogen) atoms. The van der Waals surface area contributed by atoms with Crippen molar-refractivity contribution in [3.8, 4) is 0 Å². The van der Waals surface area contributed by atoms with Crippen molar-refractivity contribution >= 4 is 11.0 Å². The van der Waals surface area contributed by atoms with Crippen molar-refractivity contribution < 1.29 is 4.42 Å². The molecule has 0 saturated carbocycles. The fraction of sp³-hybridized carbons (Fsp3) is 0.278. The van der Waals surface area contributed by atoms with Gasteiger partial charge in [-0.05, 0) is 30.7 Å². The lowest BCUT2D eigenvalue weighted by molar-refractivity contribution is 0.530. The number of fused-ring (bicyclic) bond motifs is 1. The van der Waals surface area contributed by atoms with Crippen LogP contribution in [0.1, 0.15) is 36.8 Å². The molecule has 0 amide bonds. The first-order valence-electron chi connectivity index (χ1n) is 7.42. The van der Waals surface area contributed by atoms with Gasteiger partial charge < -0.3 is 9.73 Å². The number of hydrogen-bond acceptors (Lipinski definition) is 3. The van der Waals surface area contributed by atoms with Crippen molar-refractivity contribution in [2.45, 2.75) is 32.9 Å². The predicted octanol–water partition coefficient (Wildman–Crippen LogP) is 4.24. The van der Waals surface area contributed by atoms with E-state index in [4.69, 9.17) is 4.42 Å². The Morgan fingerprint density at radius 1 is 1.14 bits per heavy atom.